The fourth-order valence-electron chi connectivity index (χ4n) is 3.24. The van der Waals surface area contributed by atoms with Crippen molar-refractivity contribution in [2.24, 2.45) is 0 Å². The van der Waals surface area contributed by atoms with Crippen molar-refractivity contribution >= 4 is 16.8 Å². The summed E-state index contributed by atoms with van der Waals surface area (Å²) in [6.07, 6.45) is 2.93. The average molecular weight is 267 g/mol. The van der Waals surface area contributed by atoms with Gasteiger partial charge in [0.2, 0.25) is 0 Å². The minimum atomic E-state index is -0.221. The summed E-state index contributed by atoms with van der Waals surface area (Å²) in [5.74, 6) is 0. The lowest BCUT2D eigenvalue weighted by Crippen LogP contribution is -2.31. The molecule has 0 unspecified atom stereocenters. The second-order valence-corrected chi connectivity index (χ2v) is 5.68. The van der Waals surface area contributed by atoms with E-state index >= 15 is 0 Å². The lowest BCUT2D eigenvalue weighted by atomic mass is 9.87. The van der Waals surface area contributed by atoms with Gasteiger partial charge in [0.1, 0.15) is 5.60 Å². The van der Waals surface area contributed by atoms with Gasteiger partial charge in [-0.2, -0.15) is 0 Å². The van der Waals surface area contributed by atoms with Crippen LogP contribution in [0.25, 0.3) is 16.8 Å². The molecule has 2 aromatic rings. The minimum Gasteiger partial charge on any atom is -0.372 e. The van der Waals surface area contributed by atoms with Crippen LogP contribution in [0.4, 0.5) is 0 Å². The predicted octanol–water partition coefficient (Wildman–Crippen LogP) is 3.71. The third-order valence-electron chi connectivity index (χ3n) is 4.40. The number of hydrogen-bond acceptors (Lipinski definition) is 2. The average Bonchev–Trinajstić information content (AvgIpc) is 2.88. The Bertz CT molecular complexity index is 649. The summed E-state index contributed by atoms with van der Waals surface area (Å²) in [7, 11) is 1.81. The van der Waals surface area contributed by atoms with Crippen LogP contribution in [0.3, 0.4) is 0 Å². The molecule has 2 heteroatoms. The summed E-state index contributed by atoms with van der Waals surface area (Å²) >= 11 is 0. The molecule has 2 atom stereocenters. The van der Waals surface area contributed by atoms with E-state index < -0.39 is 0 Å². The number of ether oxygens (including phenoxy) is 1. The Kier molecular flexibility index (Phi) is 3.36. The fraction of sp³-hybridized carbons (Fsp3) is 0.333. The third-order valence-corrected chi connectivity index (χ3v) is 4.40. The first-order valence-corrected chi connectivity index (χ1v) is 7.13. The van der Waals surface area contributed by atoms with E-state index in [0.29, 0.717) is 6.04 Å². The number of nitrogens with one attached hydrogen (secondary N) is 1. The minimum absolute atomic E-state index is 0.221. The Hall–Kier alpha value is -1.64. The molecule has 3 rings (SSSR count). The van der Waals surface area contributed by atoms with Crippen molar-refractivity contribution < 1.29 is 4.74 Å². The molecule has 0 aromatic heterocycles. The highest BCUT2D eigenvalue weighted by Crippen LogP contribution is 2.36. The van der Waals surface area contributed by atoms with E-state index in [2.05, 4.69) is 55.2 Å². The molecule has 2 nitrogen and oxygen atoms in total. The van der Waals surface area contributed by atoms with Gasteiger partial charge in [-0.05, 0) is 47.4 Å². The molecule has 2 aromatic carbocycles. The van der Waals surface area contributed by atoms with Gasteiger partial charge in [-0.3, -0.25) is 0 Å². The van der Waals surface area contributed by atoms with Crippen LogP contribution in [-0.2, 0) is 10.3 Å². The zero-order valence-corrected chi connectivity index (χ0v) is 12.1. The summed E-state index contributed by atoms with van der Waals surface area (Å²) in [5.41, 5.74) is 2.20. The Balaban J connectivity index is 2.19. The molecule has 1 saturated heterocycles. The van der Waals surface area contributed by atoms with Gasteiger partial charge >= 0.3 is 0 Å². The predicted molar refractivity (Wildman–Crippen MR) is 84.8 cm³/mol. The van der Waals surface area contributed by atoms with Gasteiger partial charge in [0.05, 0.1) is 0 Å². The van der Waals surface area contributed by atoms with Crippen LogP contribution in [0, 0.1) is 0 Å². The molecule has 0 saturated carbocycles. The van der Waals surface area contributed by atoms with Crippen molar-refractivity contribution in [3.63, 3.8) is 0 Å². The third kappa shape index (κ3) is 2.05. The monoisotopic (exact) mass is 267 g/mol. The van der Waals surface area contributed by atoms with Crippen molar-refractivity contribution in [2.45, 2.75) is 25.0 Å². The lowest BCUT2D eigenvalue weighted by Gasteiger charge is -2.28. The molecule has 1 N–H and O–H groups in total. The van der Waals surface area contributed by atoms with Gasteiger partial charge < -0.3 is 10.1 Å². The Morgan fingerprint density at radius 1 is 1.35 bits per heavy atom. The first-order chi connectivity index (χ1) is 9.68. The summed E-state index contributed by atoms with van der Waals surface area (Å²) in [4.78, 5) is 0. The number of benzene rings is 2. The van der Waals surface area contributed by atoms with Gasteiger partial charge in [-0.1, -0.05) is 36.9 Å². The lowest BCUT2D eigenvalue weighted by molar-refractivity contribution is 0.00156. The van der Waals surface area contributed by atoms with E-state index in [1.165, 1.54) is 21.9 Å². The summed E-state index contributed by atoms with van der Waals surface area (Å²) in [5, 5.41) is 5.99. The highest BCUT2D eigenvalue weighted by Gasteiger charge is 2.39. The largest absolute Gasteiger partial charge is 0.372 e. The number of hydrogen-bond donors (Lipinski definition) is 1. The molecule has 0 radical (unpaired) electrons. The van der Waals surface area contributed by atoms with Gasteiger partial charge in [0, 0.05) is 19.7 Å². The standard InChI is InChI=1S/C18H21NO/c1-4-14-9-16(10-15-7-5-6-8-17(14)15)18(20-3)11-13(2)19-12-18/h4-10,13,19H,1,11-12H2,2-3H3/t13-,18+/m1/s1. The SMILES string of the molecule is C=Cc1cc([C@@]2(OC)CN[C@H](C)C2)cc2ccccc12. The van der Waals surface area contributed by atoms with E-state index in [9.17, 15) is 0 Å². The molecule has 0 aliphatic carbocycles. The van der Waals surface area contributed by atoms with Crippen LogP contribution in [0.1, 0.15) is 24.5 Å². The highest BCUT2D eigenvalue weighted by molar-refractivity contribution is 5.91. The first kappa shape index (κ1) is 13.3. The number of rotatable bonds is 3. The van der Waals surface area contributed by atoms with E-state index in [-0.39, 0.29) is 5.60 Å². The summed E-state index contributed by atoms with van der Waals surface area (Å²) in [6.45, 7) is 7.02. The molecule has 1 heterocycles. The van der Waals surface area contributed by atoms with Crippen LogP contribution in [-0.4, -0.2) is 19.7 Å². The van der Waals surface area contributed by atoms with Gasteiger partial charge in [0.15, 0.2) is 0 Å². The van der Waals surface area contributed by atoms with Crippen LogP contribution in [0.5, 0.6) is 0 Å². The Morgan fingerprint density at radius 2 is 2.15 bits per heavy atom. The number of fused-ring (bicyclic) bond motifs is 1. The van der Waals surface area contributed by atoms with E-state index in [1.54, 1.807) is 0 Å². The topological polar surface area (TPSA) is 21.3 Å². The van der Waals surface area contributed by atoms with Crippen LogP contribution in [0.2, 0.25) is 0 Å². The fourth-order valence-corrected chi connectivity index (χ4v) is 3.24. The highest BCUT2D eigenvalue weighted by atomic mass is 16.5. The van der Waals surface area contributed by atoms with Crippen molar-refractivity contribution in [2.75, 3.05) is 13.7 Å². The maximum Gasteiger partial charge on any atom is 0.107 e. The molecule has 1 aliphatic heterocycles. The second-order valence-electron chi connectivity index (χ2n) is 5.68. The normalized spacial score (nSPS) is 26.0. The van der Waals surface area contributed by atoms with E-state index in [4.69, 9.17) is 4.74 Å². The maximum absolute atomic E-state index is 5.91. The molecule has 0 bridgehead atoms. The summed E-state index contributed by atoms with van der Waals surface area (Å²) < 4.78 is 5.91. The van der Waals surface area contributed by atoms with Crippen LogP contribution in [0.15, 0.2) is 43.0 Å². The molecule has 104 valence electrons. The maximum atomic E-state index is 5.91. The first-order valence-electron chi connectivity index (χ1n) is 7.13. The zero-order valence-electron chi connectivity index (χ0n) is 12.1. The van der Waals surface area contributed by atoms with Gasteiger partial charge in [-0.25, -0.2) is 0 Å². The van der Waals surface area contributed by atoms with Gasteiger partial charge in [0.25, 0.3) is 0 Å². The Labute approximate surface area is 120 Å². The number of methoxy groups -OCH3 is 1. The second kappa shape index (κ2) is 5.04. The molecule has 20 heavy (non-hydrogen) atoms. The Morgan fingerprint density at radius 3 is 2.80 bits per heavy atom. The van der Waals surface area contributed by atoms with E-state index in [0.717, 1.165) is 13.0 Å². The molecular formula is C18H21NO. The molecule has 1 fully saturated rings. The smallest absolute Gasteiger partial charge is 0.107 e. The van der Waals surface area contributed by atoms with Crippen molar-refractivity contribution in [1.29, 1.82) is 0 Å². The summed E-state index contributed by atoms with van der Waals surface area (Å²) in [6, 6.07) is 13.4. The molecular weight excluding hydrogens is 246 g/mol. The van der Waals surface area contributed by atoms with Crippen molar-refractivity contribution in [3.8, 4) is 0 Å². The van der Waals surface area contributed by atoms with Gasteiger partial charge in [-0.15, -0.1) is 0 Å². The van der Waals surface area contributed by atoms with Crippen LogP contribution < -0.4 is 5.32 Å². The zero-order chi connectivity index (χ0) is 14.2. The molecule has 1 aliphatic rings. The van der Waals surface area contributed by atoms with E-state index in [1.807, 2.05) is 13.2 Å². The van der Waals surface area contributed by atoms with Crippen molar-refractivity contribution in [1.82, 2.24) is 5.32 Å². The van der Waals surface area contributed by atoms with Crippen LogP contribution >= 0.6 is 0 Å². The molecule has 0 amide bonds. The molecule has 0 spiro atoms. The van der Waals surface area contributed by atoms with Crippen molar-refractivity contribution in [3.05, 3.63) is 54.1 Å². The quantitative estimate of drug-likeness (QED) is 0.915.